The van der Waals surface area contributed by atoms with Crippen molar-refractivity contribution >= 4 is 49.1 Å². The zero-order valence-corrected chi connectivity index (χ0v) is 19.1. The molecule has 0 aromatic carbocycles. The molecule has 0 saturated carbocycles. The second kappa shape index (κ2) is 8.03. The maximum atomic E-state index is 13.0. The minimum absolute atomic E-state index is 0.0424. The van der Waals surface area contributed by atoms with Crippen LogP contribution in [0.4, 0.5) is 0 Å². The van der Waals surface area contributed by atoms with Crippen molar-refractivity contribution in [3.63, 3.8) is 0 Å². The van der Waals surface area contributed by atoms with E-state index in [1.54, 1.807) is 23.3 Å². The van der Waals surface area contributed by atoms with Crippen molar-refractivity contribution in [2.45, 2.75) is 50.2 Å². The molecule has 2 aromatic rings. The van der Waals surface area contributed by atoms with E-state index in [2.05, 4.69) is 0 Å². The molecule has 7 nitrogen and oxygen atoms in total. The van der Waals surface area contributed by atoms with Crippen LogP contribution in [0.5, 0.6) is 0 Å². The number of thiophene rings is 1. The van der Waals surface area contributed by atoms with Crippen LogP contribution in [0.1, 0.15) is 36.6 Å². The lowest BCUT2D eigenvalue weighted by Crippen LogP contribution is -2.42. The summed E-state index contributed by atoms with van der Waals surface area (Å²) in [5.74, 6) is 0.214. The van der Waals surface area contributed by atoms with Crippen LogP contribution >= 0.6 is 23.1 Å². The van der Waals surface area contributed by atoms with Crippen molar-refractivity contribution in [3.05, 3.63) is 20.8 Å². The molecule has 1 fully saturated rings. The Labute approximate surface area is 178 Å². The first-order valence-electron chi connectivity index (χ1n) is 9.94. The van der Waals surface area contributed by atoms with Gasteiger partial charge in [-0.25, -0.2) is 13.4 Å². The van der Waals surface area contributed by atoms with Crippen LogP contribution in [0.25, 0.3) is 10.2 Å². The number of carbonyl (C=O) groups excluding carboxylic acids is 1. The maximum Gasteiger partial charge on any atom is 0.262 e. The third-order valence-electron chi connectivity index (χ3n) is 5.79. The van der Waals surface area contributed by atoms with Gasteiger partial charge in [0.15, 0.2) is 15.0 Å². The van der Waals surface area contributed by atoms with Crippen molar-refractivity contribution in [1.29, 1.82) is 0 Å². The summed E-state index contributed by atoms with van der Waals surface area (Å²) in [4.78, 5) is 34.1. The number of aryl methyl sites for hydroxylation is 2. The Morgan fingerprint density at radius 2 is 2.10 bits per heavy atom. The summed E-state index contributed by atoms with van der Waals surface area (Å²) in [5.41, 5.74) is 1.12. The highest BCUT2D eigenvalue weighted by molar-refractivity contribution is 7.99. The van der Waals surface area contributed by atoms with E-state index in [1.807, 2.05) is 6.92 Å². The predicted octanol–water partition coefficient (Wildman–Crippen LogP) is 2.00. The number of carbonyl (C=O) groups is 1. The summed E-state index contributed by atoms with van der Waals surface area (Å²) in [6.45, 7) is 2.34. The summed E-state index contributed by atoms with van der Waals surface area (Å²) in [6, 6.07) is -0.249. The molecule has 0 bridgehead atoms. The Bertz CT molecular complexity index is 1120. The standard InChI is InChI=1S/C19H25N3O4S3/c1-3-22(12-8-9-29(25,26)11-12)15(23)10-27-19-20-17-16(18(24)21(19)2)13-6-4-5-7-14(13)28-17/h12H,3-11H2,1-2H3/t12-/m0/s1. The number of sulfone groups is 1. The van der Waals surface area contributed by atoms with Crippen molar-refractivity contribution < 1.29 is 13.2 Å². The Hall–Kier alpha value is -1.39. The zero-order valence-electron chi connectivity index (χ0n) is 16.6. The molecule has 29 heavy (non-hydrogen) atoms. The average Bonchev–Trinajstić information content (AvgIpc) is 3.23. The first-order valence-corrected chi connectivity index (χ1v) is 13.6. The highest BCUT2D eigenvalue weighted by Gasteiger charge is 2.34. The highest BCUT2D eigenvalue weighted by Crippen LogP contribution is 2.34. The number of aromatic nitrogens is 2. The maximum absolute atomic E-state index is 13.0. The van der Waals surface area contributed by atoms with Gasteiger partial charge >= 0.3 is 0 Å². The van der Waals surface area contributed by atoms with Crippen LogP contribution in [0.2, 0.25) is 0 Å². The normalized spacial score (nSPS) is 20.7. The van der Waals surface area contributed by atoms with E-state index in [9.17, 15) is 18.0 Å². The molecular formula is C19H25N3O4S3. The van der Waals surface area contributed by atoms with Crippen molar-refractivity contribution in [3.8, 4) is 0 Å². The largest absolute Gasteiger partial charge is 0.338 e. The van der Waals surface area contributed by atoms with E-state index < -0.39 is 9.84 Å². The summed E-state index contributed by atoms with van der Waals surface area (Å²) < 4.78 is 25.1. The lowest BCUT2D eigenvalue weighted by molar-refractivity contribution is -0.129. The molecule has 0 radical (unpaired) electrons. The fourth-order valence-electron chi connectivity index (χ4n) is 4.26. The smallest absolute Gasteiger partial charge is 0.262 e. The zero-order chi connectivity index (χ0) is 20.8. The Balaban J connectivity index is 1.54. The number of rotatable bonds is 5. The molecule has 1 aliphatic carbocycles. The summed E-state index contributed by atoms with van der Waals surface area (Å²) in [6.07, 6.45) is 4.70. The molecule has 4 rings (SSSR count). The molecule has 10 heteroatoms. The van der Waals surface area contributed by atoms with Gasteiger partial charge in [0.05, 0.1) is 22.6 Å². The van der Waals surface area contributed by atoms with Gasteiger partial charge in [-0.1, -0.05) is 11.8 Å². The Morgan fingerprint density at radius 3 is 2.79 bits per heavy atom. The first-order chi connectivity index (χ1) is 13.8. The van der Waals surface area contributed by atoms with Gasteiger partial charge in [0.1, 0.15) is 4.83 Å². The first kappa shape index (κ1) is 20.9. The lowest BCUT2D eigenvalue weighted by atomic mass is 9.97. The SMILES string of the molecule is CCN(C(=O)CSc1nc2sc3c(c2c(=O)n1C)CCCC3)[C@H]1CCS(=O)(=O)C1. The van der Waals surface area contributed by atoms with Crippen LogP contribution in [0.3, 0.4) is 0 Å². The van der Waals surface area contributed by atoms with Gasteiger partial charge < -0.3 is 4.90 Å². The van der Waals surface area contributed by atoms with Crippen LogP contribution in [-0.4, -0.2) is 58.6 Å². The molecule has 1 atom stereocenters. The van der Waals surface area contributed by atoms with Gasteiger partial charge in [-0.05, 0) is 44.6 Å². The molecule has 2 aromatic heterocycles. The van der Waals surface area contributed by atoms with E-state index in [4.69, 9.17) is 4.98 Å². The number of fused-ring (bicyclic) bond motifs is 3. The van der Waals surface area contributed by atoms with Crippen molar-refractivity contribution in [1.82, 2.24) is 14.5 Å². The molecule has 1 amide bonds. The van der Waals surface area contributed by atoms with Gasteiger partial charge in [0.2, 0.25) is 5.91 Å². The second-order valence-electron chi connectivity index (χ2n) is 7.67. The molecule has 0 N–H and O–H groups in total. The van der Waals surface area contributed by atoms with Gasteiger partial charge in [-0.2, -0.15) is 0 Å². The molecule has 1 saturated heterocycles. The molecule has 2 aliphatic rings. The minimum atomic E-state index is -3.05. The molecule has 1 aliphatic heterocycles. The quantitative estimate of drug-likeness (QED) is 0.506. The lowest BCUT2D eigenvalue weighted by Gasteiger charge is -2.26. The van der Waals surface area contributed by atoms with Crippen LogP contribution < -0.4 is 5.56 Å². The van der Waals surface area contributed by atoms with E-state index in [0.29, 0.717) is 18.1 Å². The van der Waals surface area contributed by atoms with E-state index in [-0.39, 0.29) is 34.8 Å². The molecular weight excluding hydrogens is 430 g/mol. The number of hydrogen-bond donors (Lipinski definition) is 0. The monoisotopic (exact) mass is 455 g/mol. The van der Waals surface area contributed by atoms with E-state index >= 15 is 0 Å². The molecule has 0 unspecified atom stereocenters. The number of nitrogens with zero attached hydrogens (tertiary/aromatic N) is 3. The van der Waals surface area contributed by atoms with Crippen molar-refractivity contribution in [2.75, 3.05) is 23.8 Å². The Kier molecular flexibility index (Phi) is 5.78. The number of amides is 1. The number of thioether (sulfide) groups is 1. The van der Waals surface area contributed by atoms with E-state index in [1.165, 1.54) is 21.2 Å². The molecule has 3 heterocycles. The third-order valence-corrected chi connectivity index (χ3v) is 9.74. The van der Waals surface area contributed by atoms with Gasteiger partial charge in [0, 0.05) is 24.5 Å². The van der Waals surface area contributed by atoms with Crippen LogP contribution in [0.15, 0.2) is 9.95 Å². The fourth-order valence-corrected chi connectivity index (χ4v) is 8.16. The van der Waals surface area contributed by atoms with Gasteiger partial charge in [-0.15, -0.1) is 11.3 Å². The summed E-state index contributed by atoms with van der Waals surface area (Å²) in [7, 11) is -1.34. The van der Waals surface area contributed by atoms with Gasteiger partial charge in [-0.3, -0.25) is 14.2 Å². The van der Waals surface area contributed by atoms with E-state index in [0.717, 1.165) is 41.5 Å². The average molecular weight is 456 g/mol. The minimum Gasteiger partial charge on any atom is -0.338 e. The Morgan fingerprint density at radius 1 is 1.34 bits per heavy atom. The van der Waals surface area contributed by atoms with Crippen LogP contribution in [0, 0.1) is 0 Å². The highest BCUT2D eigenvalue weighted by atomic mass is 32.2. The number of hydrogen-bond acceptors (Lipinski definition) is 7. The van der Waals surface area contributed by atoms with Crippen molar-refractivity contribution in [2.24, 2.45) is 7.05 Å². The topological polar surface area (TPSA) is 89.3 Å². The fraction of sp³-hybridized carbons (Fsp3) is 0.632. The van der Waals surface area contributed by atoms with Crippen LogP contribution in [-0.2, 0) is 34.5 Å². The summed E-state index contributed by atoms with van der Waals surface area (Å²) in [5, 5.41) is 1.28. The second-order valence-corrected chi connectivity index (χ2v) is 11.9. The molecule has 158 valence electrons. The summed E-state index contributed by atoms with van der Waals surface area (Å²) >= 11 is 2.85. The van der Waals surface area contributed by atoms with Gasteiger partial charge in [0.25, 0.3) is 5.56 Å². The third kappa shape index (κ3) is 3.98. The predicted molar refractivity (Wildman–Crippen MR) is 117 cm³/mol. The molecule has 0 spiro atoms.